The van der Waals surface area contributed by atoms with Crippen molar-refractivity contribution in [3.8, 4) is 0 Å². The van der Waals surface area contributed by atoms with Crippen molar-refractivity contribution in [1.29, 1.82) is 0 Å². The Morgan fingerprint density at radius 3 is 2.61 bits per heavy atom. The molecule has 2 aromatic rings. The molecule has 0 amide bonds. The van der Waals surface area contributed by atoms with E-state index >= 15 is 0 Å². The Balaban J connectivity index is 1.80. The molecule has 0 saturated heterocycles. The zero-order valence-electron chi connectivity index (χ0n) is 15.6. The topological polar surface area (TPSA) is 58.6 Å². The highest BCUT2D eigenvalue weighted by Crippen LogP contribution is 2.33. The molecule has 2 N–H and O–H groups in total. The number of aliphatic hydroxyl groups excluding tert-OH is 1. The highest BCUT2D eigenvalue weighted by Gasteiger charge is 2.32. The Morgan fingerprint density at radius 1 is 1.29 bits per heavy atom. The molecule has 1 heterocycles. The van der Waals surface area contributed by atoms with Gasteiger partial charge in [-0.05, 0) is 23.2 Å². The number of anilines is 1. The van der Waals surface area contributed by atoms with Gasteiger partial charge in [0.1, 0.15) is 0 Å². The van der Waals surface area contributed by atoms with Gasteiger partial charge in [-0.15, -0.1) is 0 Å². The van der Waals surface area contributed by atoms with Gasteiger partial charge in [0, 0.05) is 29.8 Å². The van der Waals surface area contributed by atoms with Crippen LogP contribution in [-0.2, 0) is 4.65 Å². The van der Waals surface area contributed by atoms with Crippen LogP contribution in [0, 0.1) is 22.9 Å². The standard InChI is InChI=1S/C20H20BF3NO3/c1-20(2,9-26)10-28-21-14-5-3-4-12-13(8-25-18(12)14)19(27)11-6-15(22)17(24)16(23)7-11/h3-7,13,25-26H,8-10H2,1-2H3. The molecule has 28 heavy (non-hydrogen) atoms. The molecule has 2 aromatic carbocycles. The van der Waals surface area contributed by atoms with Crippen molar-refractivity contribution in [2.24, 2.45) is 5.41 Å². The zero-order valence-corrected chi connectivity index (χ0v) is 15.6. The molecule has 0 fully saturated rings. The average Bonchev–Trinajstić information content (AvgIpc) is 3.10. The Morgan fingerprint density at radius 2 is 1.96 bits per heavy atom. The third-order valence-corrected chi connectivity index (χ3v) is 4.68. The van der Waals surface area contributed by atoms with E-state index in [1.807, 2.05) is 19.9 Å². The number of Topliss-reactive ketones (excluding diaryl/α,β-unsaturated/α-hetero) is 1. The van der Waals surface area contributed by atoms with Crippen LogP contribution in [0.15, 0.2) is 30.3 Å². The highest BCUT2D eigenvalue weighted by molar-refractivity contribution is 6.49. The van der Waals surface area contributed by atoms with Gasteiger partial charge in [0.15, 0.2) is 23.2 Å². The molecule has 1 atom stereocenters. The summed E-state index contributed by atoms with van der Waals surface area (Å²) >= 11 is 0. The number of hydrogen-bond acceptors (Lipinski definition) is 4. The van der Waals surface area contributed by atoms with Crippen LogP contribution in [0.25, 0.3) is 0 Å². The lowest BCUT2D eigenvalue weighted by Crippen LogP contribution is -2.29. The fourth-order valence-corrected chi connectivity index (χ4v) is 3.03. The van der Waals surface area contributed by atoms with Crippen LogP contribution >= 0.6 is 0 Å². The second-order valence-corrected chi connectivity index (χ2v) is 7.61. The van der Waals surface area contributed by atoms with Gasteiger partial charge in [-0.2, -0.15) is 0 Å². The minimum atomic E-state index is -1.60. The summed E-state index contributed by atoms with van der Waals surface area (Å²) in [5.41, 5.74) is 1.49. The number of aliphatic hydroxyl groups is 1. The Bertz CT molecular complexity index is 881. The van der Waals surface area contributed by atoms with Crippen LogP contribution in [0.3, 0.4) is 0 Å². The summed E-state index contributed by atoms with van der Waals surface area (Å²) in [5, 5.41) is 12.4. The lowest BCUT2D eigenvalue weighted by atomic mass is 9.82. The second kappa shape index (κ2) is 7.97. The van der Waals surface area contributed by atoms with Gasteiger partial charge >= 0.3 is 7.48 Å². The van der Waals surface area contributed by atoms with Gasteiger partial charge in [0.2, 0.25) is 0 Å². The maximum Gasteiger partial charge on any atom is 0.332 e. The van der Waals surface area contributed by atoms with Crippen molar-refractivity contribution in [1.82, 2.24) is 0 Å². The van der Waals surface area contributed by atoms with E-state index in [9.17, 15) is 23.1 Å². The molecule has 1 aliphatic rings. The molecule has 1 unspecified atom stereocenters. The first-order valence-electron chi connectivity index (χ1n) is 8.85. The number of benzene rings is 2. The van der Waals surface area contributed by atoms with Crippen molar-refractivity contribution in [3.63, 3.8) is 0 Å². The van der Waals surface area contributed by atoms with Crippen LogP contribution in [0.1, 0.15) is 35.7 Å². The minimum absolute atomic E-state index is 0.0205. The molecule has 0 bridgehead atoms. The molecule has 0 saturated carbocycles. The summed E-state index contributed by atoms with van der Waals surface area (Å²) in [6.45, 7) is 4.27. The minimum Gasteiger partial charge on any atom is -0.433 e. The molecule has 0 aliphatic carbocycles. The number of nitrogens with one attached hydrogen (secondary N) is 1. The summed E-state index contributed by atoms with van der Waals surface area (Å²) in [6, 6.07) is 6.75. The first-order valence-corrected chi connectivity index (χ1v) is 8.85. The van der Waals surface area contributed by atoms with E-state index in [4.69, 9.17) is 4.65 Å². The summed E-state index contributed by atoms with van der Waals surface area (Å²) in [6.07, 6.45) is 0. The maximum absolute atomic E-state index is 13.5. The Labute approximate surface area is 162 Å². The van der Waals surface area contributed by atoms with Gasteiger partial charge in [-0.1, -0.05) is 32.0 Å². The number of halogens is 3. The van der Waals surface area contributed by atoms with Gasteiger partial charge in [-0.25, -0.2) is 13.2 Å². The number of carbonyl (C=O) groups excluding carboxylic acids is 1. The summed E-state index contributed by atoms with van der Waals surface area (Å²) in [5.74, 6) is -5.53. The lowest BCUT2D eigenvalue weighted by molar-refractivity contribution is 0.0965. The monoisotopic (exact) mass is 390 g/mol. The quantitative estimate of drug-likeness (QED) is 0.434. The van der Waals surface area contributed by atoms with Gasteiger partial charge in [-0.3, -0.25) is 4.79 Å². The largest absolute Gasteiger partial charge is 0.433 e. The Kier molecular flexibility index (Phi) is 5.81. The molecule has 0 aromatic heterocycles. The first-order chi connectivity index (χ1) is 13.2. The summed E-state index contributed by atoms with van der Waals surface area (Å²) in [4.78, 5) is 12.8. The Hall–Kier alpha value is -2.32. The molecule has 3 rings (SSSR count). The van der Waals surface area contributed by atoms with E-state index in [-0.39, 0.29) is 18.7 Å². The van der Waals surface area contributed by atoms with Crippen LogP contribution in [0.2, 0.25) is 0 Å². The summed E-state index contributed by atoms with van der Waals surface area (Å²) < 4.78 is 45.7. The molecule has 1 radical (unpaired) electrons. The molecule has 1 aliphatic heterocycles. The molecule has 8 heteroatoms. The zero-order chi connectivity index (χ0) is 20.5. The van der Waals surface area contributed by atoms with E-state index in [1.54, 1.807) is 19.6 Å². The van der Waals surface area contributed by atoms with E-state index in [2.05, 4.69) is 5.32 Å². The third kappa shape index (κ3) is 4.08. The fraction of sp³-hybridized carbons (Fsp3) is 0.350. The highest BCUT2D eigenvalue weighted by atomic mass is 19.2. The average molecular weight is 390 g/mol. The number of ketones is 1. The number of rotatable bonds is 7. The van der Waals surface area contributed by atoms with E-state index in [1.165, 1.54) is 0 Å². The first kappa shape index (κ1) is 20.4. The lowest BCUT2D eigenvalue weighted by Gasteiger charge is -2.21. The van der Waals surface area contributed by atoms with Crippen LogP contribution in [0.4, 0.5) is 18.9 Å². The SMILES string of the molecule is CC(C)(CO)CO[B]c1cccc2c1NCC2C(=O)c1cc(F)c(F)c(F)c1. The van der Waals surface area contributed by atoms with Crippen molar-refractivity contribution in [2.45, 2.75) is 19.8 Å². The van der Waals surface area contributed by atoms with E-state index in [0.29, 0.717) is 17.9 Å². The second-order valence-electron chi connectivity index (χ2n) is 7.61. The number of hydrogen-bond donors (Lipinski definition) is 2. The van der Waals surface area contributed by atoms with Crippen molar-refractivity contribution >= 4 is 24.4 Å². The van der Waals surface area contributed by atoms with Crippen molar-refractivity contribution in [3.05, 3.63) is 58.9 Å². The van der Waals surface area contributed by atoms with Crippen LogP contribution in [-0.4, -0.2) is 38.1 Å². The van der Waals surface area contributed by atoms with Gasteiger partial charge < -0.3 is 15.1 Å². The third-order valence-electron chi connectivity index (χ3n) is 4.68. The normalized spacial score (nSPS) is 15.9. The number of para-hydroxylation sites is 1. The van der Waals surface area contributed by atoms with Crippen LogP contribution in [0.5, 0.6) is 0 Å². The molecule has 147 valence electrons. The molecular formula is C20H20BF3NO3. The summed E-state index contributed by atoms with van der Waals surface area (Å²) in [7, 11) is 1.55. The van der Waals surface area contributed by atoms with Crippen LogP contribution < -0.4 is 10.8 Å². The van der Waals surface area contributed by atoms with E-state index in [0.717, 1.165) is 17.6 Å². The van der Waals surface area contributed by atoms with Gasteiger partial charge in [0.05, 0.1) is 12.5 Å². The molecule has 0 spiro atoms. The fourth-order valence-electron chi connectivity index (χ4n) is 3.03. The predicted octanol–water partition coefficient (Wildman–Crippen LogP) is 2.78. The maximum atomic E-state index is 13.5. The number of fused-ring (bicyclic) bond motifs is 1. The van der Waals surface area contributed by atoms with E-state index < -0.39 is 34.6 Å². The molecule has 4 nitrogen and oxygen atoms in total. The predicted molar refractivity (Wildman–Crippen MR) is 101 cm³/mol. The van der Waals surface area contributed by atoms with Crippen molar-refractivity contribution in [2.75, 3.05) is 25.1 Å². The molecular weight excluding hydrogens is 370 g/mol. The number of carbonyl (C=O) groups is 1. The van der Waals surface area contributed by atoms with Gasteiger partial charge in [0.25, 0.3) is 0 Å². The van der Waals surface area contributed by atoms with Crippen molar-refractivity contribution < 1.29 is 27.7 Å². The smallest absolute Gasteiger partial charge is 0.332 e.